The molecule has 1 aromatic carbocycles. The smallest absolute Gasteiger partial charge is 0.423 e. The van der Waals surface area contributed by atoms with Crippen LogP contribution >= 0.6 is 0 Å². The van der Waals surface area contributed by atoms with Crippen LogP contribution in [0.25, 0.3) is 0 Å². The molecule has 0 saturated carbocycles. The van der Waals surface area contributed by atoms with Crippen molar-refractivity contribution in [2.45, 2.75) is 32.6 Å². The van der Waals surface area contributed by atoms with E-state index in [-0.39, 0.29) is 18.0 Å². The van der Waals surface area contributed by atoms with Crippen molar-refractivity contribution < 1.29 is 23.2 Å². The Balaban J connectivity index is 2.82. The van der Waals surface area contributed by atoms with Crippen LogP contribution in [0.3, 0.4) is 0 Å². The summed E-state index contributed by atoms with van der Waals surface area (Å²) in [4.78, 5) is 1.28. The summed E-state index contributed by atoms with van der Waals surface area (Å²) in [6.45, 7) is 2.50. The highest BCUT2D eigenvalue weighted by atomic mass is 19.4. The molecule has 0 aliphatic rings. The van der Waals surface area contributed by atoms with Crippen LogP contribution < -0.4 is 5.46 Å². The number of hydrogen-bond acceptors (Lipinski definition) is 3. The van der Waals surface area contributed by atoms with Crippen LogP contribution in [0.15, 0.2) is 24.3 Å². The molecule has 3 nitrogen and oxygen atoms in total. The highest BCUT2D eigenvalue weighted by Crippen LogP contribution is 2.19. The molecule has 0 aliphatic carbocycles. The first-order valence-electron chi connectivity index (χ1n) is 5.95. The van der Waals surface area contributed by atoms with Crippen LogP contribution in [-0.4, -0.2) is 40.8 Å². The maximum Gasteiger partial charge on any atom is 0.488 e. The van der Waals surface area contributed by atoms with Gasteiger partial charge in [-0.3, -0.25) is 4.90 Å². The zero-order valence-electron chi connectivity index (χ0n) is 10.9. The molecule has 0 fully saturated rings. The Labute approximate surface area is 110 Å². The Morgan fingerprint density at radius 1 is 1.26 bits per heavy atom. The minimum absolute atomic E-state index is 0.109. The van der Waals surface area contributed by atoms with Gasteiger partial charge in [0.1, 0.15) is 0 Å². The first-order chi connectivity index (χ1) is 8.69. The predicted octanol–water partition coefficient (Wildman–Crippen LogP) is 1.14. The van der Waals surface area contributed by atoms with Gasteiger partial charge in [0.2, 0.25) is 0 Å². The Hall–Kier alpha value is -1.05. The molecule has 0 saturated heterocycles. The molecule has 106 valence electrons. The first-order valence-corrected chi connectivity index (χ1v) is 5.95. The van der Waals surface area contributed by atoms with Crippen molar-refractivity contribution in [1.82, 2.24) is 4.90 Å². The van der Waals surface area contributed by atoms with Crippen LogP contribution in [0.2, 0.25) is 0 Å². The van der Waals surface area contributed by atoms with Gasteiger partial charge in [0.05, 0.1) is 6.54 Å². The van der Waals surface area contributed by atoms with Crippen molar-refractivity contribution >= 4 is 12.6 Å². The van der Waals surface area contributed by atoms with Gasteiger partial charge in [-0.05, 0) is 24.9 Å². The predicted molar refractivity (Wildman–Crippen MR) is 67.9 cm³/mol. The molecule has 0 aromatic heterocycles. The minimum atomic E-state index is -4.25. The number of alkyl halides is 3. The second-order valence-corrected chi connectivity index (χ2v) is 4.73. The van der Waals surface area contributed by atoms with Crippen molar-refractivity contribution in [2.75, 3.05) is 6.54 Å². The second-order valence-electron chi connectivity index (χ2n) is 4.73. The lowest BCUT2D eigenvalue weighted by Crippen LogP contribution is -2.39. The fourth-order valence-corrected chi connectivity index (χ4v) is 1.74. The summed E-state index contributed by atoms with van der Waals surface area (Å²) in [5.41, 5.74) is 0.886. The number of benzene rings is 1. The van der Waals surface area contributed by atoms with E-state index in [1.165, 1.54) is 17.0 Å². The van der Waals surface area contributed by atoms with Crippen LogP contribution in [0.5, 0.6) is 0 Å². The highest BCUT2D eigenvalue weighted by molar-refractivity contribution is 6.58. The minimum Gasteiger partial charge on any atom is -0.423 e. The van der Waals surface area contributed by atoms with Crippen molar-refractivity contribution in [1.29, 1.82) is 0 Å². The van der Waals surface area contributed by atoms with E-state index in [1.807, 2.05) is 0 Å². The van der Waals surface area contributed by atoms with E-state index in [2.05, 4.69) is 0 Å². The standard InChI is InChI=1S/C12H17BF3NO2/c1-9(2)17(8-12(14,15)16)7-10-4-3-5-11(6-10)13(18)19/h3-6,9,18-19H,7-8H2,1-2H3. The fraction of sp³-hybridized carbons (Fsp3) is 0.500. The average Bonchev–Trinajstić information content (AvgIpc) is 2.26. The topological polar surface area (TPSA) is 43.7 Å². The monoisotopic (exact) mass is 275 g/mol. The molecular formula is C12H17BF3NO2. The van der Waals surface area contributed by atoms with Crippen LogP contribution in [0.1, 0.15) is 19.4 Å². The van der Waals surface area contributed by atoms with Crippen LogP contribution in [0.4, 0.5) is 13.2 Å². The zero-order valence-corrected chi connectivity index (χ0v) is 10.9. The van der Waals surface area contributed by atoms with Gasteiger partial charge in [-0.1, -0.05) is 24.3 Å². The van der Waals surface area contributed by atoms with Crippen molar-refractivity contribution in [2.24, 2.45) is 0 Å². The lowest BCUT2D eigenvalue weighted by atomic mass is 9.79. The van der Waals surface area contributed by atoms with Gasteiger partial charge in [0, 0.05) is 12.6 Å². The third-order valence-corrected chi connectivity index (χ3v) is 2.75. The third kappa shape index (κ3) is 5.63. The molecule has 0 aliphatic heterocycles. The SMILES string of the molecule is CC(C)N(Cc1cccc(B(O)O)c1)CC(F)(F)F. The lowest BCUT2D eigenvalue weighted by Gasteiger charge is -2.27. The summed E-state index contributed by atoms with van der Waals surface area (Å²) in [6.07, 6.45) is -4.25. The van der Waals surface area contributed by atoms with E-state index in [0.717, 1.165) is 0 Å². The fourth-order valence-electron chi connectivity index (χ4n) is 1.74. The van der Waals surface area contributed by atoms with E-state index < -0.39 is 19.8 Å². The summed E-state index contributed by atoms with van der Waals surface area (Å²) in [5.74, 6) is 0. The van der Waals surface area contributed by atoms with Gasteiger partial charge >= 0.3 is 13.3 Å². The Morgan fingerprint density at radius 2 is 1.89 bits per heavy atom. The molecule has 0 bridgehead atoms. The molecule has 0 amide bonds. The molecule has 19 heavy (non-hydrogen) atoms. The Bertz CT molecular complexity index is 410. The third-order valence-electron chi connectivity index (χ3n) is 2.75. The average molecular weight is 275 g/mol. The molecule has 1 aromatic rings. The maximum atomic E-state index is 12.5. The first kappa shape index (κ1) is 16.0. The number of nitrogens with zero attached hydrogens (tertiary/aromatic N) is 1. The molecule has 0 unspecified atom stereocenters. The van der Waals surface area contributed by atoms with E-state index in [0.29, 0.717) is 5.56 Å². The van der Waals surface area contributed by atoms with Crippen molar-refractivity contribution in [3.63, 3.8) is 0 Å². The number of halogens is 3. The van der Waals surface area contributed by atoms with Gasteiger partial charge in [-0.25, -0.2) is 0 Å². The molecule has 7 heteroatoms. The number of hydrogen-bond donors (Lipinski definition) is 2. The van der Waals surface area contributed by atoms with Crippen molar-refractivity contribution in [3.8, 4) is 0 Å². The summed E-state index contributed by atoms with van der Waals surface area (Å²) >= 11 is 0. The van der Waals surface area contributed by atoms with Gasteiger partial charge < -0.3 is 10.0 Å². The van der Waals surface area contributed by atoms with Gasteiger partial charge in [-0.2, -0.15) is 13.2 Å². The molecular weight excluding hydrogens is 258 g/mol. The summed E-state index contributed by atoms with van der Waals surface area (Å²) < 4.78 is 37.4. The summed E-state index contributed by atoms with van der Waals surface area (Å²) in [5, 5.41) is 18.1. The zero-order chi connectivity index (χ0) is 14.6. The lowest BCUT2D eigenvalue weighted by molar-refractivity contribution is -0.150. The largest absolute Gasteiger partial charge is 0.488 e. The van der Waals surface area contributed by atoms with E-state index in [9.17, 15) is 13.2 Å². The Kier molecular flexibility index (Phi) is 5.40. The summed E-state index contributed by atoms with van der Waals surface area (Å²) in [6, 6.07) is 6.01. The van der Waals surface area contributed by atoms with E-state index in [4.69, 9.17) is 10.0 Å². The summed E-state index contributed by atoms with van der Waals surface area (Å²) in [7, 11) is -1.62. The van der Waals surface area contributed by atoms with Crippen LogP contribution in [-0.2, 0) is 6.54 Å². The van der Waals surface area contributed by atoms with E-state index in [1.54, 1.807) is 26.0 Å². The normalized spacial score (nSPS) is 12.3. The quantitative estimate of drug-likeness (QED) is 0.792. The molecule has 0 atom stereocenters. The second kappa shape index (κ2) is 6.41. The van der Waals surface area contributed by atoms with Gasteiger partial charge in [0.25, 0.3) is 0 Å². The van der Waals surface area contributed by atoms with Crippen LogP contribution in [0, 0.1) is 0 Å². The van der Waals surface area contributed by atoms with Gasteiger partial charge in [-0.15, -0.1) is 0 Å². The number of rotatable bonds is 5. The van der Waals surface area contributed by atoms with E-state index >= 15 is 0 Å². The molecule has 1 rings (SSSR count). The molecule has 0 radical (unpaired) electrons. The highest BCUT2D eigenvalue weighted by Gasteiger charge is 2.31. The molecule has 0 heterocycles. The van der Waals surface area contributed by atoms with Crippen molar-refractivity contribution in [3.05, 3.63) is 29.8 Å². The Morgan fingerprint density at radius 3 is 2.37 bits per heavy atom. The molecule has 0 spiro atoms. The maximum absolute atomic E-state index is 12.5. The molecule has 2 N–H and O–H groups in total. The van der Waals surface area contributed by atoms with Gasteiger partial charge in [0.15, 0.2) is 0 Å².